The largest absolute Gasteiger partial charge is 0.313 e. The first-order valence-corrected chi connectivity index (χ1v) is 9.26. The Hall–Kier alpha value is -0.180. The van der Waals surface area contributed by atoms with Crippen LogP contribution in [0.2, 0.25) is 5.02 Å². The lowest BCUT2D eigenvalue weighted by atomic mass is 9.99. The van der Waals surface area contributed by atoms with Crippen molar-refractivity contribution in [2.75, 3.05) is 12.3 Å². The van der Waals surface area contributed by atoms with Gasteiger partial charge in [0.1, 0.15) is 0 Å². The highest BCUT2D eigenvalue weighted by Gasteiger charge is 2.19. The van der Waals surface area contributed by atoms with Crippen LogP contribution in [0.5, 0.6) is 0 Å². The fraction of sp³-hybridized carbons (Fsp3) is 0.647. The fourth-order valence-electron chi connectivity index (χ4n) is 2.96. The van der Waals surface area contributed by atoms with Gasteiger partial charge in [0.2, 0.25) is 0 Å². The lowest BCUT2D eigenvalue weighted by Crippen LogP contribution is -2.33. The zero-order valence-corrected chi connectivity index (χ0v) is 14.0. The van der Waals surface area contributed by atoms with E-state index in [1.54, 1.807) is 0 Å². The van der Waals surface area contributed by atoms with Crippen molar-refractivity contribution in [2.45, 2.75) is 56.4 Å². The van der Waals surface area contributed by atoms with Gasteiger partial charge in [-0.05, 0) is 43.5 Å². The molecule has 0 aliphatic heterocycles. The van der Waals surface area contributed by atoms with Gasteiger partial charge in [0.15, 0.2) is 0 Å². The molecule has 1 aliphatic rings. The second-order valence-corrected chi connectivity index (χ2v) is 7.34. The highest BCUT2D eigenvalue weighted by molar-refractivity contribution is 7.99. The van der Waals surface area contributed by atoms with Gasteiger partial charge in [-0.1, -0.05) is 50.3 Å². The molecule has 1 saturated carbocycles. The van der Waals surface area contributed by atoms with Gasteiger partial charge in [0, 0.05) is 21.7 Å². The highest BCUT2D eigenvalue weighted by Crippen LogP contribution is 2.30. The Morgan fingerprint density at radius 3 is 2.85 bits per heavy atom. The Balaban J connectivity index is 1.82. The monoisotopic (exact) mass is 311 g/mol. The van der Waals surface area contributed by atoms with E-state index < -0.39 is 0 Å². The van der Waals surface area contributed by atoms with E-state index in [2.05, 4.69) is 24.4 Å². The summed E-state index contributed by atoms with van der Waals surface area (Å²) in [4.78, 5) is 1.28. The molecule has 1 atom stereocenters. The number of hydrogen-bond donors (Lipinski definition) is 1. The molecule has 0 spiro atoms. The quantitative estimate of drug-likeness (QED) is 0.647. The molecule has 1 nitrogen and oxygen atoms in total. The first-order valence-electron chi connectivity index (χ1n) is 7.89. The Labute approximate surface area is 132 Å². The number of benzene rings is 1. The summed E-state index contributed by atoms with van der Waals surface area (Å²) >= 11 is 7.98. The summed E-state index contributed by atoms with van der Waals surface area (Å²) in [5.74, 6) is 2.10. The van der Waals surface area contributed by atoms with E-state index in [0.717, 1.165) is 23.2 Å². The Morgan fingerprint density at radius 2 is 2.15 bits per heavy atom. The molecule has 112 valence electrons. The Morgan fingerprint density at radius 1 is 1.35 bits per heavy atom. The van der Waals surface area contributed by atoms with Crippen LogP contribution in [0.1, 0.15) is 45.4 Å². The molecule has 0 radical (unpaired) electrons. The van der Waals surface area contributed by atoms with Gasteiger partial charge in [-0.2, -0.15) is 0 Å². The molecule has 1 aliphatic carbocycles. The van der Waals surface area contributed by atoms with Crippen molar-refractivity contribution in [3.63, 3.8) is 0 Å². The lowest BCUT2D eigenvalue weighted by molar-refractivity contribution is 0.410. The third-order valence-electron chi connectivity index (χ3n) is 4.02. The molecule has 3 heteroatoms. The maximum Gasteiger partial charge on any atom is 0.0417 e. The van der Waals surface area contributed by atoms with E-state index in [9.17, 15) is 0 Å². The summed E-state index contributed by atoms with van der Waals surface area (Å²) in [6, 6.07) is 8.84. The van der Waals surface area contributed by atoms with E-state index in [4.69, 9.17) is 11.6 Å². The molecule has 0 amide bonds. The lowest BCUT2D eigenvalue weighted by Gasteiger charge is -2.21. The second kappa shape index (κ2) is 8.96. The van der Waals surface area contributed by atoms with E-state index in [0.29, 0.717) is 6.04 Å². The van der Waals surface area contributed by atoms with Crippen molar-refractivity contribution < 1.29 is 0 Å². The van der Waals surface area contributed by atoms with Crippen LogP contribution in [-0.4, -0.2) is 18.3 Å². The average Bonchev–Trinajstić information content (AvgIpc) is 2.95. The van der Waals surface area contributed by atoms with Crippen molar-refractivity contribution in [3.05, 3.63) is 29.3 Å². The molecule has 20 heavy (non-hydrogen) atoms. The predicted molar refractivity (Wildman–Crippen MR) is 90.8 cm³/mol. The normalized spacial score (nSPS) is 17.5. The van der Waals surface area contributed by atoms with E-state index in [-0.39, 0.29) is 0 Å². The molecule has 1 fully saturated rings. The number of hydrogen-bond acceptors (Lipinski definition) is 2. The summed E-state index contributed by atoms with van der Waals surface area (Å²) in [5, 5.41) is 4.56. The van der Waals surface area contributed by atoms with Crippen molar-refractivity contribution in [3.8, 4) is 0 Å². The average molecular weight is 312 g/mol. The number of thioether (sulfide) groups is 1. The standard InChI is InChI=1S/C17H26ClNS/c1-2-10-19-16(11-14-6-3-4-7-14)13-20-17-9-5-8-15(18)12-17/h5,8-9,12,14,16,19H,2-4,6-7,10-11,13H2,1H3. The number of halogens is 1. The van der Waals surface area contributed by atoms with Crippen LogP contribution >= 0.6 is 23.4 Å². The molecule has 0 bridgehead atoms. The highest BCUT2D eigenvalue weighted by atomic mass is 35.5. The molecule has 0 aromatic heterocycles. The van der Waals surface area contributed by atoms with Gasteiger partial charge < -0.3 is 5.32 Å². The van der Waals surface area contributed by atoms with Crippen molar-refractivity contribution in [1.82, 2.24) is 5.32 Å². The van der Waals surface area contributed by atoms with Crippen LogP contribution in [-0.2, 0) is 0 Å². The molecule has 2 rings (SSSR count). The Kier molecular flexibility index (Phi) is 7.26. The minimum Gasteiger partial charge on any atom is -0.313 e. The predicted octanol–water partition coefficient (Wildman–Crippen LogP) is 5.38. The van der Waals surface area contributed by atoms with E-state index in [1.807, 2.05) is 23.9 Å². The van der Waals surface area contributed by atoms with E-state index in [1.165, 1.54) is 43.4 Å². The first-order chi connectivity index (χ1) is 9.78. The van der Waals surface area contributed by atoms with Crippen LogP contribution in [0.25, 0.3) is 0 Å². The minimum atomic E-state index is 0.641. The third kappa shape index (κ3) is 5.67. The first kappa shape index (κ1) is 16.2. The van der Waals surface area contributed by atoms with Crippen LogP contribution in [0.3, 0.4) is 0 Å². The van der Waals surface area contributed by atoms with Crippen LogP contribution < -0.4 is 5.32 Å². The van der Waals surface area contributed by atoms with Gasteiger partial charge in [0.25, 0.3) is 0 Å². The van der Waals surface area contributed by atoms with Crippen molar-refractivity contribution in [2.24, 2.45) is 5.92 Å². The van der Waals surface area contributed by atoms with Gasteiger partial charge in [-0.25, -0.2) is 0 Å². The molecule has 1 aromatic rings. The van der Waals surface area contributed by atoms with Gasteiger partial charge in [0.05, 0.1) is 0 Å². The maximum absolute atomic E-state index is 6.05. The maximum atomic E-state index is 6.05. The molecule has 1 unspecified atom stereocenters. The third-order valence-corrected chi connectivity index (χ3v) is 5.41. The number of nitrogens with one attached hydrogen (secondary N) is 1. The van der Waals surface area contributed by atoms with Crippen molar-refractivity contribution in [1.29, 1.82) is 0 Å². The summed E-state index contributed by atoms with van der Waals surface area (Å²) in [6.07, 6.45) is 8.30. The smallest absolute Gasteiger partial charge is 0.0417 e. The van der Waals surface area contributed by atoms with Crippen LogP contribution in [0.4, 0.5) is 0 Å². The van der Waals surface area contributed by atoms with Gasteiger partial charge in [-0.15, -0.1) is 11.8 Å². The molecular formula is C17H26ClNS. The topological polar surface area (TPSA) is 12.0 Å². The summed E-state index contributed by atoms with van der Waals surface area (Å²) < 4.78 is 0. The summed E-state index contributed by atoms with van der Waals surface area (Å²) in [6.45, 7) is 3.37. The minimum absolute atomic E-state index is 0.641. The zero-order chi connectivity index (χ0) is 14.2. The number of rotatable bonds is 8. The van der Waals surface area contributed by atoms with Gasteiger partial charge >= 0.3 is 0 Å². The fourth-order valence-corrected chi connectivity index (χ4v) is 4.25. The summed E-state index contributed by atoms with van der Waals surface area (Å²) in [7, 11) is 0. The van der Waals surface area contributed by atoms with E-state index >= 15 is 0 Å². The molecule has 0 saturated heterocycles. The second-order valence-electron chi connectivity index (χ2n) is 5.81. The Bertz CT molecular complexity index is 390. The molecule has 1 N–H and O–H groups in total. The van der Waals surface area contributed by atoms with Crippen LogP contribution in [0, 0.1) is 5.92 Å². The van der Waals surface area contributed by atoms with Crippen LogP contribution in [0.15, 0.2) is 29.2 Å². The summed E-state index contributed by atoms with van der Waals surface area (Å²) in [5.41, 5.74) is 0. The molecule has 1 aromatic carbocycles. The zero-order valence-electron chi connectivity index (χ0n) is 12.4. The SMILES string of the molecule is CCCNC(CSc1cccc(Cl)c1)CC1CCCC1. The van der Waals surface area contributed by atoms with Crippen molar-refractivity contribution >= 4 is 23.4 Å². The molecular weight excluding hydrogens is 286 g/mol. The molecule has 0 heterocycles. The van der Waals surface area contributed by atoms with Gasteiger partial charge in [-0.3, -0.25) is 0 Å².